The fraction of sp³-hybridized carbons (Fsp3) is 0.0870. The van der Waals surface area contributed by atoms with Crippen LogP contribution in [0, 0.1) is 0 Å². The molecule has 0 saturated heterocycles. The number of amides is 1. The molecule has 0 bridgehead atoms. The molecule has 0 aliphatic rings. The number of halogens is 1. The summed E-state index contributed by atoms with van der Waals surface area (Å²) in [5.74, 6) is 0.0351. The van der Waals surface area contributed by atoms with Crippen molar-refractivity contribution in [3.63, 3.8) is 0 Å². The highest BCUT2D eigenvalue weighted by Crippen LogP contribution is 2.28. The lowest BCUT2D eigenvalue weighted by Gasteiger charge is -2.20. The van der Waals surface area contributed by atoms with Gasteiger partial charge in [-0.15, -0.1) is 0 Å². The Morgan fingerprint density at radius 3 is 2.50 bits per heavy atom. The Labute approximate surface area is 201 Å². The standard InChI is InChI=1S/C23H20ClN5O4S/c1-28(16-7-9-17(33-2)10-8-16)34(31,32)18-11-12-20(24)19(13-18)23(30)27-21-5-3-4-6-22(21)29-15-25-14-26-29/h3-15H,1-2H3,(H,27,30). The molecule has 0 unspecified atom stereocenters. The minimum atomic E-state index is -3.97. The van der Waals surface area contributed by atoms with Crippen molar-refractivity contribution in [2.75, 3.05) is 23.8 Å². The van der Waals surface area contributed by atoms with Crippen LogP contribution in [0.15, 0.2) is 84.3 Å². The number of sulfonamides is 1. The number of rotatable bonds is 7. The van der Waals surface area contributed by atoms with Crippen LogP contribution in [0.1, 0.15) is 10.4 Å². The number of carbonyl (C=O) groups excluding carboxylic acids is 1. The molecule has 9 nitrogen and oxygen atoms in total. The Bertz CT molecular complexity index is 1420. The van der Waals surface area contributed by atoms with Crippen LogP contribution in [-0.4, -0.2) is 43.2 Å². The number of carbonyl (C=O) groups is 1. The molecule has 0 aliphatic carbocycles. The number of para-hydroxylation sites is 2. The zero-order chi connectivity index (χ0) is 24.3. The quantitative estimate of drug-likeness (QED) is 0.413. The second-order valence-electron chi connectivity index (χ2n) is 7.12. The Morgan fingerprint density at radius 1 is 1.09 bits per heavy atom. The molecule has 1 amide bonds. The average Bonchev–Trinajstić information content (AvgIpc) is 3.39. The fourth-order valence-electron chi connectivity index (χ4n) is 3.23. The van der Waals surface area contributed by atoms with Crippen LogP contribution in [0.25, 0.3) is 5.69 Å². The third-order valence-corrected chi connectivity index (χ3v) is 7.21. The first-order chi connectivity index (χ1) is 16.3. The molecule has 1 N–H and O–H groups in total. The number of benzene rings is 3. The highest BCUT2D eigenvalue weighted by molar-refractivity contribution is 7.92. The highest BCUT2D eigenvalue weighted by atomic mass is 35.5. The largest absolute Gasteiger partial charge is 0.497 e. The van der Waals surface area contributed by atoms with E-state index < -0.39 is 15.9 Å². The van der Waals surface area contributed by atoms with Crippen molar-refractivity contribution in [3.8, 4) is 11.4 Å². The third kappa shape index (κ3) is 4.59. The van der Waals surface area contributed by atoms with Crippen molar-refractivity contribution in [1.29, 1.82) is 0 Å². The summed E-state index contributed by atoms with van der Waals surface area (Å²) < 4.78 is 34.2. The molecule has 0 saturated carbocycles. The number of ether oxygens (including phenoxy) is 1. The van der Waals surface area contributed by atoms with Crippen LogP contribution >= 0.6 is 11.6 Å². The van der Waals surface area contributed by atoms with Crippen molar-refractivity contribution >= 4 is 38.9 Å². The number of hydrogen-bond donors (Lipinski definition) is 1. The minimum Gasteiger partial charge on any atom is -0.497 e. The summed E-state index contributed by atoms with van der Waals surface area (Å²) >= 11 is 6.27. The first-order valence-corrected chi connectivity index (χ1v) is 11.8. The summed E-state index contributed by atoms with van der Waals surface area (Å²) in [6.07, 6.45) is 2.88. The lowest BCUT2D eigenvalue weighted by Crippen LogP contribution is -2.27. The summed E-state index contributed by atoms with van der Waals surface area (Å²) in [6, 6.07) is 17.6. The van der Waals surface area contributed by atoms with Crippen molar-refractivity contribution in [3.05, 3.63) is 90.0 Å². The van der Waals surface area contributed by atoms with Crippen molar-refractivity contribution in [2.45, 2.75) is 4.90 Å². The number of aromatic nitrogens is 3. The molecule has 0 radical (unpaired) electrons. The zero-order valence-electron chi connectivity index (χ0n) is 18.2. The molecule has 34 heavy (non-hydrogen) atoms. The van der Waals surface area contributed by atoms with Crippen molar-refractivity contribution in [1.82, 2.24) is 14.8 Å². The molecule has 11 heteroatoms. The van der Waals surface area contributed by atoms with Crippen LogP contribution in [0.5, 0.6) is 5.75 Å². The van der Waals surface area contributed by atoms with Crippen LogP contribution in [-0.2, 0) is 10.0 Å². The first-order valence-electron chi connectivity index (χ1n) is 9.99. The maximum atomic E-state index is 13.2. The minimum absolute atomic E-state index is 0.0132. The van der Waals surface area contributed by atoms with E-state index >= 15 is 0 Å². The Hall–Kier alpha value is -3.89. The molecule has 0 atom stereocenters. The number of hydrogen-bond acceptors (Lipinski definition) is 6. The molecule has 1 heterocycles. The van der Waals surface area contributed by atoms with E-state index in [2.05, 4.69) is 15.4 Å². The predicted molar refractivity (Wildman–Crippen MR) is 129 cm³/mol. The van der Waals surface area contributed by atoms with E-state index in [1.807, 2.05) is 0 Å². The fourth-order valence-corrected chi connectivity index (χ4v) is 4.65. The van der Waals surface area contributed by atoms with Gasteiger partial charge < -0.3 is 10.1 Å². The second-order valence-corrected chi connectivity index (χ2v) is 9.50. The van der Waals surface area contributed by atoms with Gasteiger partial charge in [-0.3, -0.25) is 9.10 Å². The summed E-state index contributed by atoms with van der Waals surface area (Å²) in [5.41, 5.74) is 1.49. The van der Waals surface area contributed by atoms with Crippen LogP contribution in [0.3, 0.4) is 0 Å². The van der Waals surface area contributed by atoms with E-state index in [0.717, 1.165) is 4.31 Å². The number of nitrogens with zero attached hydrogens (tertiary/aromatic N) is 4. The molecular formula is C23H20ClN5O4S. The zero-order valence-corrected chi connectivity index (χ0v) is 19.8. The highest BCUT2D eigenvalue weighted by Gasteiger charge is 2.24. The molecular weight excluding hydrogens is 478 g/mol. The lowest BCUT2D eigenvalue weighted by molar-refractivity contribution is 0.102. The van der Waals surface area contributed by atoms with E-state index in [-0.39, 0.29) is 15.5 Å². The smallest absolute Gasteiger partial charge is 0.264 e. The summed E-state index contributed by atoms with van der Waals surface area (Å²) in [7, 11) is -1.01. The summed E-state index contributed by atoms with van der Waals surface area (Å²) in [6.45, 7) is 0. The van der Waals surface area contributed by atoms with E-state index in [1.54, 1.807) is 48.5 Å². The maximum absolute atomic E-state index is 13.2. The Kier molecular flexibility index (Phi) is 6.53. The van der Waals surface area contributed by atoms with Gasteiger partial charge in [0.25, 0.3) is 15.9 Å². The molecule has 0 aliphatic heterocycles. The van der Waals surface area contributed by atoms with Gasteiger partial charge in [-0.25, -0.2) is 18.1 Å². The van der Waals surface area contributed by atoms with E-state index in [0.29, 0.717) is 22.8 Å². The van der Waals surface area contributed by atoms with Crippen molar-refractivity contribution in [2.24, 2.45) is 0 Å². The van der Waals surface area contributed by atoms with Crippen LogP contribution in [0.2, 0.25) is 5.02 Å². The molecule has 174 valence electrons. The third-order valence-electron chi connectivity index (χ3n) is 5.09. The Morgan fingerprint density at radius 2 is 1.82 bits per heavy atom. The van der Waals surface area contributed by atoms with Crippen LogP contribution in [0.4, 0.5) is 11.4 Å². The van der Waals surface area contributed by atoms with Gasteiger partial charge in [-0.1, -0.05) is 23.7 Å². The van der Waals surface area contributed by atoms with Gasteiger partial charge in [0, 0.05) is 7.05 Å². The lowest BCUT2D eigenvalue weighted by atomic mass is 10.2. The van der Waals surface area contributed by atoms with Crippen LogP contribution < -0.4 is 14.4 Å². The van der Waals surface area contributed by atoms with Gasteiger partial charge in [0.1, 0.15) is 18.4 Å². The average molecular weight is 498 g/mol. The Balaban J connectivity index is 1.64. The van der Waals surface area contributed by atoms with Gasteiger partial charge in [0.05, 0.1) is 39.7 Å². The summed E-state index contributed by atoms with van der Waals surface area (Å²) in [5, 5.41) is 6.97. The van der Waals surface area contributed by atoms with Gasteiger partial charge in [-0.2, -0.15) is 5.10 Å². The monoisotopic (exact) mass is 497 g/mol. The van der Waals surface area contributed by atoms with E-state index in [4.69, 9.17) is 16.3 Å². The molecule has 4 rings (SSSR count). The van der Waals surface area contributed by atoms with E-state index in [1.165, 1.54) is 49.7 Å². The predicted octanol–water partition coefficient (Wildman–Crippen LogP) is 4.01. The van der Waals surface area contributed by atoms with Gasteiger partial charge >= 0.3 is 0 Å². The van der Waals surface area contributed by atoms with Gasteiger partial charge in [-0.05, 0) is 54.6 Å². The maximum Gasteiger partial charge on any atom is 0.264 e. The number of nitrogens with one attached hydrogen (secondary N) is 1. The molecule has 0 spiro atoms. The molecule has 3 aromatic carbocycles. The number of methoxy groups -OCH3 is 1. The number of anilines is 2. The topological polar surface area (TPSA) is 106 Å². The van der Waals surface area contributed by atoms with Gasteiger partial charge in [0.15, 0.2) is 0 Å². The molecule has 4 aromatic rings. The summed E-state index contributed by atoms with van der Waals surface area (Å²) in [4.78, 5) is 16.9. The molecule has 0 fully saturated rings. The van der Waals surface area contributed by atoms with Gasteiger partial charge in [0.2, 0.25) is 0 Å². The van der Waals surface area contributed by atoms with E-state index in [9.17, 15) is 13.2 Å². The first kappa shape index (κ1) is 23.3. The van der Waals surface area contributed by atoms with Crippen molar-refractivity contribution < 1.29 is 17.9 Å². The molecule has 1 aromatic heterocycles. The second kappa shape index (κ2) is 9.54. The normalized spacial score (nSPS) is 11.1. The SMILES string of the molecule is COc1ccc(N(C)S(=O)(=O)c2ccc(Cl)c(C(=O)Nc3ccccc3-n3cncn3)c2)cc1.